The molecule has 0 spiro atoms. The molecule has 0 aliphatic carbocycles. The van der Waals surface area contributed by atoms with Crippen molar-refractivity contribution in [3.63, 3.8) is 0 Å². The van der Waals surface area contributed by atoms with Crippen molar-refractivity contribution in [2.45, 2.75) is 24.6 Å². The van der Waals surface area contributed by atoms with Crippen molar-refractivity contribution in [2.24, 2.45) is 0 Å². The van der Waals surface area contributed by atoms with Crippen LogP contribution in [0.2, 0.25) is 0 Å². The van der Waals surface area contributed by atoms with Gasteiger partial charge in [0.15, 0.2) is 11.4 Å². The molecule has 0 radical (unpaired) electrons. The molecule has 5 rings (SSSR count). The van der Waals surface area contributed by atoms with Crippen LogP contribution in [-0.2, 0) is 14.3 Å². The van der Waals surface area contributed by atoms with E-state index in [4.69, 9.17) is 9.47 Å². The Hall–Kier alpha value is -4.51. The molecule has 1 fully saturated rings. The van der Waals surface area contributed by atoms with E-state index >= 15 is 0 Å². The maximum atomic E-state index is 14.4. The third-order valence-corrected chi connectivity index (χ3v) is 7.18. The summed E-state index contributed by atoms with van der Waals surface area (Å²) in [6, 6.07) is 19.2. The molecule has 1 amide bonds. The molecule has 1 aliphatic heterocycles. The van der Waals surface area contributed by atoms with E-state index in [1.807, 2.05) is 0 Å². The molecule has 1 saturated heterocycles. The van der Waals surface area contributed by atoms with Crippen molar-refractivity contribution in [1.82, 2.24) is 14.9 Å². The number of amides is 1. The Bertz CT molecular complexity index is 1590. The zero-order valence-electron chi connectivity index (χ0n) is 22.5. The number of pyridine rings is 2. The summed E-state index contributed by atoms with van der Waals surface area (Å²) in [6.07, 6.45) is 3.14. The molecule has 0 bridgehead atoms. The Morgan fingerprint density at radius 2 is 1.78 bits per heavy atom. The molecule has 2 aromatic heterocycles. The average Bonchev–Trinajstić information content (AvgIpc) is 3.50. The zero-order chi connectivity index (χ0) is 29.0. The lowest BCUT2D eigenvalue weighted by Crippen LogP contribution is -2.52. The van der Waals surface area contributed by atoms with Crippen LogP contribution in [0.5, 0.6) is 0 Å². The van der Waals surface area contributed by atoms with Crippen molar-refractivity contribution in [3.8, 4) is 11.3 Å². The Morgan fingerprint density at radius 1 is 1.02 bits per heavy atom. The van der Waals surface area contributed by atoms with Crippen molar-refractivity contribution in [1.29, 1.82) is 0 Å². The van der Waals surface area contributed by atoms with Gasteiger partial charge in [0.05, 0.1) is 18.3 Å². The van der Waals surface area contributed by atoms with Gasteiger partial charge in [-0.15, -0.1) is 0 Å². The zero-order valence-corrected chi connectivity index (χ0v) is 22.5. The number of Topliss-reactive ketones (excluding diaryl/α,β-unsaturated/α-hetero) is 1. The van der Waals surface area contributed by atoms with Gasteiger partial charge in [0.25, 0.3) is 5.56 Å². The summed E-state index contributed by atoms with van der Waals surface area (Å²) in [5.41, 5.74) is -0.509. The standard InChI is InChI=1S/C31H29FN4O5/c1-20(33-2)29(38)35-25-14-15-26(21-10-12-24(32)13-11-21)36(30(25)39)27(23-9-6-16-34-17-23)31(18-40-19-41-31)28(37)22-7-4-3-5-8-22/h3-17,20,27,33H,18-19H2,1-2H3,(H,35,38)/t20-,27?,31?/m0/s1. The van der Waals surface area contributed by atoms with Gasteiger partial charge in [-0.25, -0.2) is 4.39 Å². The molecule has 3 atom stereocenters. The second-order valence-electron chi connectivity index (χ2n) is 9.70. The fraction of sp³-hybridized carbons (Fsp3) is 0.226. The van der Waals surface area contributed by atoms with E-state index in [0.29, 0.717) is 22.4 Å². The lowest BCUT2D eigenvalue weighted by atomic mass is 9.82. The summed E-state index contributed by atoms with van der Waals surface area (Å²) in [5.74, 6) is -1.25. The molecular weight excluding hydrogens is 527 g/mol. The van der Waals surface area contributed by atoms with Gasteiger partial charge in [0.1, 0.15) is 24.3 Å². The first-order valence-corrected chi connectivity index (χ1v) is 13.1. The number of hydrogen-bond donors (Lipinski definition) is 2. The summed E-state index contributed by atoms with van der Waals surface area (Å²) in [6.45, 7) is 1.34. The van der Waals surface area contributed by atoms with Gasteiger partial charge in [-0.1, -0.05) is 36.4 Å². The number of ketones is 1. The molecule has 0 saturated carbocycles. The number of benzene rings is 2. The lowest BCUT2D eigenvalue weighted by Gasteiger charge is -2.37. The monoisotopic (exact) mass is 556 g/mol. The van der Waals surface area contributed by atoms with E-state index in [0.717, 1.165) is 0 Å². The minimum atomic E-state index is -1.68. The summed E-state index contributed by atoms with van der Waals surface area (Å²) in [7, 11) is 1.63. The highest BCUT2D eigenvalue weighted by molar-refractivity contribution is 6.03. The molecular formula is C31H29FN4O5. The predicted molar refractivity (Wildman–Crippen MR) is 151 cm³/mol. The highest BCUT2D eigenvalue weighted by atomic mass is 19.1. The Labute approximate surface area is 236 Å². The molecule has 1 aliphatic rings. The number of hydrogen-bond acceptors (Lipinski definition) is 7. The number of anilines is 1. The van der Waals surface area contributed by atoms with E-state index in [9.17, 15) is 18.8 Å². The summed E-state index contributed by atoms with van der Waals surface area (Å²) in [4.78, 5) is 45.7. The van der Waals surface area contributed by atoms with Crippen LogP contribution in [0.25, 0.3) is 11.3 Å². The van der Waals surface area contributed by atoms with Crippen LogP contribution in [-0.4, -0.2) is 53.3 Å². The van der Waals surface area contributed by atoms with Crippen LogP contribution < -0.4 is 16.2 Å². The van der Waals surface area contributed by atoms with E-state index < -0.39 is 35.0 Å². The molecule has 4 aromatic rings. The minimum absolute atomic E-state index is 0.00178. The second-order valence-corrected chi connectivity index (χ2v) is 9.70. The van der Waals surface area contributed by atoms with E-state index in [-0.39, 0.29) is 24.9 Å². The molecule has 2 N–H and O–H groups in total. The van der Waals surface area contributed by atoms with Crippen LogP contribution >= 0.6 is 0 Å². The molecule has 2 aromatic carbocycles. The number of carbonyl (C=O) groups is 2. The van der Waals surface area contributed by atoms with Gasteiger partial charge in [-0.05, 0) is 67.6 Å². The number of nitrogens with one attached hydrogen (secondary N) is 2. The van der Waals surface area contributed by atoms with Gasteiger partial charge in [-0.3, -0.25) is 23.9 Å². The second kappa shape index (κ2) is 11.9. The first-order valence-electron chi connectivity index (χ1n) is 13.1. The average molecular weight is 557 g/mol. The normalized spacial score (nSPS) is 18.0. The van der Waals surface area contributed by atoms with Gasteiger partial charge < -0.3 is 20.1 Å². The minimum Gasteiger partial charge on any atom is -0.352 e. The molecule has 41 heavy (non-hydrogen) atoms. The van der Waals surface area contributed by atoms with Crippen LogP contribution in [0.4, 0.5) is 10.1 Å². The third kappa shape index (κ3) is 5.45. The van der Waals surface area contributed by atoms with Gasteiger partial charge in [-0.2, -0.15) is 0 Å². The molecule has 3 heterocycles. The Balaban J connectivity index is 1.80. The van der Waals surface area contributed by atoms with E-state index in [1.165, 1.54) is 22.8 Å². The van der Waals surface area contributed by atoms with Gasteiger partial charge in [0, 0.05) is 18.0 Å². The molecule has 210 valence electrons. The lowest BCUT2D eigenvalue weighted by molar-refractivity contribution is -0.117. The van der Waals surface area contributed by atoms with Crippen LogP contribution in [0.1, 0.15) is 28.9 Å². The number of aromatic nitrogens is 2. The number of nitrogens with zero attached hydrogens (tertiary/aromatic N) is 2. The highest BCUT2D eigenvalue weighted by Crippen LogP contribution is 2.40. The fourth-order valence-corrected chi connectivity index (χ4v) is 4.93. The van der Waals surface area contributed by atoms with Crippen LogP contribution in [0.15, 0.2) is 96.1 Å². The topological polar surface area (TPSA) is 112 Å². The largest absolute Gasteiger partial charge is 0.352 e. The highest BCUT2D eigenvalue weighted by Gasteiger charge is 2.53. The third-order valence-electron chi connectivity index (χ3n) is 7.18. The SMILES string of the molecule is CN[C@@H](C)C(=O)Nc1ccc(-c2ccc(F)cc2)n(C(c2cccnc2)C2(C(=O)c3ccccc3)COCO2)c1=O. The Morgan fingerprint density at radius 3 is 2.41 bits per heavy atom. The molecule has 2 unspecified atom stereocenters. The quantitative estimate of drug-likeness (QED) is 0.302. The summed E-state index contributed by atoms with van der Waals surface area (Å²) < 4.78 is 27.1. The maximum absolute atomic E-state index is 14.4. The van der Waals surface area contributed by atoms with Gasteiger partial charge >= 0.3 is 0 Å². The number of halogens is 1. The number of likely N-dealkylation sites (N-methyl/N-ethyl adjacent to an activating group) is 1. The summed E-state index contributed by atoms with van der Waals surface area (Å²) in [5, 5.41) is 5.54. The predicted octanol–water partition coefficient (Wildman–Crippen LogP) is 3.81. The van der Waals surface area contributed by atoms with Crippen molar-refractivity contribution >= 4 is 17.4 Å². The first kappa shape index (κ1) is 28.0. The van der Waals surface area contributed by atoms with Crippen molar-refractivity contribution in [2.75, 3.05) is 25.8 Å². The smallest absolute Gasteiger partial charge is 0.275 e. The molecule has 9 nitrogen and oxygen atoms in total. The van der Waals surface area contributed by atoms with E-state index in [1.54, 1.807) is 87.0 Å². The van der Waals surface area contributed by atoms with Crippen LogP contribution in [0, 0.1) is 5.82 Å². The first-order chi connectivity index (χ1) is 19.9. The van der Waals surface area contributed by atoms with E-state index in [2.05, 4.69) is 15.6 Å². The summed E-state index contributed by atoms with van der Waals surface area (Å²) >= 11 is 0. The van der Waals surface area contributed by atoms with Gasteiger partial charge in [0.2, 0.25) is 5.91 Å². The number of rotatable bonds is 9. The Kier molecular flexibility index (Phi) is 8.16. The van der Waals surface area contributed by atoms with Crippen LogP contribution in [0.3, 0.4) is 0 Å². The number of carbonyl (C=O) groups excluding carboxylic acids is 2. The molecule has 10 heteroatoms. The van der Waals surface area contributed by atoms with Crippen molar-refractivity contribution in [3.05, 3.63) is 119 Å². The fourth-order valence-electron chi connectivity index (χ4n) is 4.93. The number of ether oxygens (including phenoxy) is 2. The maximum Gasteiger partial charge on any atom is 0.275 e. The van der Waals surface area contributed by atoms with Crippen molar-refractivity contribution < 1.29 is 23.5 Å².